The Labute approximate surface area is 99.0 Å². The Morgan fingerprint density at radius 2 is 1.41 bits per heavy atom. The second-order valence-corrected chi connectivity index (χ2v) is 3.72. The SMILES string of the molecule is O=C([O-])c1ccc(-c2ccc(CO)cc2)cc1. The molecular weight excluding hydrogens is 216 g/mol. The van der Waals surface area contributed by atoms with Gasteiger partial charge in [-0.05, 0) is 22.3 Å². The summed E-state index contributed by atoms with van der Waals surface area (Å²) in [6.45, 7) is 0.0178. The van der Waals surface area contributed by atoms with Gasteiger partial charge in [0, 0.05) is 0 Å². The van der Waals surface area contributed by atoms with Gasteiger partial charge in [0.15, 0.2) is 0 Å². The lowest BCUT2D eigenvalue weighted by atomic mass is 10.0. The molecule has 0 bridgehead atoms. The van der Waals surface area contributed by atoms with E-state index in [1.807, 2.05) is 24.3 Å². The lowest BCUT2D eigenvalue weighted by Crippen LogP contribution is -2.21. The van der Waals surface area contributed by atoms with E-state index in [0.717, 1.165) is 16.7 Å². The summed E-state index contributed by atoms with van der Waals surface area (Å²) >= 11 is 0. The second-order valence-electron chi connectivity index (χ2n) is 3.72. The van der Waals surface area contributed by atoms with Crippen LogP contribution in [0.3, 0.4) is 0 Å². The first-order valence-electron chi connectivity index (χ1n) is 5.22. The number of carbonyl (C=O) groups excluding carboxylic acids is 1. The highest BCUT2D eigenvalue weighted by Crippen LogP contribution is 2.20. The van der Waals surface area contributed by atoms with Crippen LogP contribution in [0.2, 0.25) is 0 Å². The highest BCUT2D eigenvalue weighted by Gasteiger charge is 1.99. The van der Waals surface area contributed by atoms with Crippen LogP contribution in [0.25, 0.3) is 11.1 Å². The highest BCUT2D eigenvalue weighted by molar-refractivity contribution is 5.86. The van der Waals surface area contributed by atoms with E-state index in [1.165, 1.54) is 12.1 Å². The molecule has 0 atom stereocenters. The normalized spacial score (nSPS) is 10.2. The average Bonchev–Trinajstić information content (AvgIpc) is 2.39. The summed E-state index contributed by atoms with van der Waals surface area (Å²) in [6, 6.07) is 14.0. The number of carboxylic acids is 1. The van der Waals surface area contributed by atoms with Crippen LogP contribution in [0.4, 0.5) is 0 Å². The topological polar surface area (TPSA) is 60.4 Å². The van der Waals surface area contributed by atoms with Crippen molar-refractivity contribution in [3.05, 3.63) is 59.7 Å². The van der Waals surface area contributed by atoms with Crippen molar-refractivity contribution in [1.82, 2.24) is 0 Å². The summed E-state index contributed by atoms with van der Waals surface area (Å²) in [4.78, 5) is 10.6. The number of aromatic carboxylic acids is 1. The van der Waals surface area contributed by atoms with Gasteiger partial charge in [-0.3, -0.25) is 0 Å². The summed E-state index contributed by atoms with van der Waals surface area (Å²) < 4.78 is 0. The monoisotopic (exact) mass is 227 g/mol. The molecular formula is C14H11O3-. The number of hydrogen-bond acceptors (Lipinski definition) is 3. The molecule has 0 spiro atoms. The maximum Gasteiger partial charge on any atom is 0.0715 e. The molecule has 0 fully saturated rings. The molecule has 2 rings (SSSR count). The Kier molecular flexibility index (Phi) is 3.21. The average molecular weight is 227 g/mol. The molecule has 2 aromatic rings. The number of aliphatic hydroxyl groups is 1. The Hall–Kier alpha value is -2.13. The molecule has 0 aliphatic heterocycles. The Morgan fingerprint density at radius 1 is 0.941 bits per heavy atom. The predicted molar refractivity (Wildman–Crippen MR) is 62.1 cm³/mol. The fraction of sp³-hybridized carbons (Fsp3) is 0.0714. The molecule has 0 unspecified atom stereocenters. The molecule has 3 heteroatoms. The van der Waals surface area contributed by atoms with Crippen LogP contribution < -0.4 is 5.11 Å². The van der Waals surface area contributed by atoms with Gasteiger partial charge in [0.1, 0.15) is 0 Å². The summed E-state index contributed by atoms with van der Waals surface area (Å²) in [6.07, 6.45) is 0. The molecule has 2 aromatic carbocycles. The van der Waals surface area contributed by atoms with E-state index in [-0.39, 0.29) is 12.2 Å². The molecule has 0 saturated carbocycles. The zero-order valence-electron chi connectivity index (χ0n) is 9.09. The first-order chi connectivity index (χ1) is 8.20. The van der Waals surface area contributed by atoms with Crippen molar-refractivity contribution in [3.63, 3.8) is 0 Å². The minimum absolute atomic E-state index is 0.0178. The van der Waals surface area contributed by atoms with Gasteiger partial charge >= 0.3 is 0 Å². The Balaban J connectivity index is 2.29. The third-order valence-corrected chi connectivity index (χ3v) is 2.59. The van der Waals surface area contributed by atoms with Crippen molar-refractivity contribution in [2.75, 3.05) is 0 Å². The molecule has 0 heterocycles. The standard InChI is InChI=1S/C14H12O3/c15-9-10-1-3-11(4-2-10)12-5-7-13(8-6-12)14(16)17/h1-8,15H,9H2,(H,16,17)/p-1. The van der Waals surface area contributed by atoms with Crippen LogP contribution in [0.1, 0.15) is 15.9 Å². The van der Waals surface area contributed by atoms with Gasteiger partial charge in [-0.1, -0.05) is 48.5 Å². The lowest BCUT2D eigenvalue weighted by molar-refractivity contribution is -0.255. The van der Waals surface area contributed by atoms with Crippen LogP contribution in [0.15, 0.2) is 48.5 Å². The molecule has 3 nitrogen and oxygen atoms in total. The smallest absolute Gasteiger partial charge is 0.0715 e. The van der Waals surface area contributed by atoms with E-state index in [4.69, 9.17) is 5.11 Å². The van der Waals surface area contributed by atoms with E-state index >= 15 is 0 Å². The number of hydrogen-bond donors (Lipinski definition) is 1. The largest absolute Gasteiger partial charge is 0.545 e. The zero-order chi connectivity index (χ0) is 12.3. The lowest BCUT2D eigenvalue weighted by Gasteiger charge is -2.05. The van der Waals surface area contributed by atoms with Crippen LogP contribution >= 0.6 is 0 Å². The molecule has 86 valence electrons. The van der Waals surface area contributed by atoms with Crippen molar-refractivity contribution < 1.29 is 15.0 Å². The molecule has 17 heavy (non-hydrogen) atoms. The highest BCUT2D eigenvalue weighted by atomic mass is 16.4. The van der Waals surface area contributed by atoms with E-state index in [9.17, 15) is 9.90 Å². The fourth-order valence-corrected chi connectivity index (χ4v) is 1.60. The van der Waals surface area contributed by atoms with Crippen LogP contribution in [-0.2, 0) is 6.61 Å². The minimum atomic E-state index is -1.17. The summed E-state index contributed by atoms with van der Waals surface area (Å²) in [7, 11) is 0. The van der Waals surface area contributed by atoms with Gasteiger partial charge in [-0.25, -0.2) is 0 Å². The van der Waals surface area contributed by atoms with Crippen LogP contribution in [0.5, 0.6) is 0 Å². The number of carbonyl (C=O) groups is 1. The van der Waals surface area contributed by atoms with Gasteiger partial charge < -0.3 is 15.0 Å². The fourth-order valence-electron chi connectivity index (χ4n) is 1.60. The number of benzene rings is 2. The Bertz CT molecular complexity index is 512. The van der Waals surface area contributed by atoms with Gasteiger partial charge in [0.05, 0.1) is 12.6 Å². The van der Waals surface area contributed by atoms with Crippen molar-refractivity contribution in [1.29, 1.82) is 0 Å². The molecule has 0 amide bonds. The first-order valence-corrected chi connectivity index (χ1v) is 5.22. The number of carboxylic acid groups (broad SMARTS) is 1. The quantitative estimate of drug-likeness (QED) is 0.857. The molecule has 0 saturated heterocycles. The van der Waals surface area contributed by atoms with E-state index in [1.54, 1.807) is 12.1 Å². The molecule has 0 aromatic heterocycles. The van der Waals surface area contributed by atoms with E-state index in [0.29, 0.717) is 0 Å². The maximum atomic E-state index is 10.6. The first kappa shape index (κ1) is 11.4. The maximum absolute atomic E-state index is 10.6. The number of aliphatic hydroxyl groups excluding tert-OH is 1. The summed E-state index contributed by atoms with van der Waals surface area (Å²) in [5.74, 6) is -1.17. The minimum Gasteiger partial charge on any atom is -0.545 e. The zero-order valence-corrected chi connectivity index (χ0v) is 9.09. The summed E-state index contributed by atoms with van der Waals surface area (Å²) in [5.41, 5.74) is 2.92. The third-order valence-electron chi connectivity index (χ3n) is 2.59. The van der Waals surface area contributed by atoms with Gasteiger partial charge in [0.2, 0.25) is 0 Å². The third kappa shape index (κ3) is 2.52. The van der Waals surface area contributed by atoms with Crippen LogP contribution in [-0.4, -0.2) is 11.1 Å². The molecule has 1 N–H and O–H groups in total. The van der Waals surface area contributed by atoms with Crippen molar-refractivity contribution in [3.8, 4) is 11.1 Å². The van der Waals surface area contributed by atoms with E-state index < -0.39 is 5.97 Å². The predicted octanol–water partition coefficient (Wildman–Crippen LogP) is 1.21. The van der Waals surface area contributed by atoms with Gasteiger partial charge in [-0.15, -0.1) is 0 Å². The molecule has 0 radical (unpaired) electrons. The van der Waals surface area contributed by atoms with Crippen molar-refractivity contribution in [2.45, 2.75) is 6.61 Å². The van der Waals surface area contributed by atoms with Crippen molar-refractivity contribution >= 4 is 5.97 Å². The van der Waals surface area contributed by atoms with Gasteiger partial charge in [-0.2, -0.15) is 0 Å². The Morgan fingerprint density at radius 3 is 1.82 bits per heavy atom. The molecule has 0 aliphatic rings. The second kappa shape index (κ2) is 4.80. The van der Waals surface area contributed by atoms with E-state index in [2.05, 4.69) is 0 Å². The van der Waals surface area contributed by atoms with Crippen LogP contribution in [0, 0.1) is 0 Å². The van der Waals surface area contributed by atoms with Gasteiger partial charge in [0.25, 0.3) is 0 Å². The van der Waals surface area contributed by atoms with Crippen molar-refractivity contribution in [2.24, 2.45) is 0 Å². The number of rotatable bonds is 3. The molecule has 0 aliphatic carbocycles. The summed E-state index contributed by atoms with van der Waals surface area (Å²) in [5, 5.41) is 19.5.